The summed E-state index contributed by atoms with van der Waals surface area (Å²) in [6, 6.07) is 14.7. The molecule has 2 heterocycles. The molecule has 0 unspecified atom stereocenters. The van der Waals surface area contributed by atoms with E-state index < -0.39 is 10.0 Å². The topological polar surface area (TPSA) is 84.9 Å². The van der Waals surface area contributed by atoms with Crippen LogP contribution in [0.1, 0.15) is 17.0 Å². The molecule has 0 saturated carbocycles. The molecule has 0 aliphatic carbocycles. The maximum Gasteiger partial charge on any atom is 0.243 e. The quantitative estimate of drug-likeness (QED) is 0.545. The van der Waals surface area contributed by atoms with Crippen molar-refractivity contribution < 1.29 is 17.9 Å². The molecule has 0 amide bonds. The molecule has 0 bridgehead atoms. The summed E-state index contributed by atoms with van der Waals surface area (Å²) >= 11 is 0. The van der Waals surface area contributed by atoms with E-state index in [2.05, 4.69) is 14.9 Å². The fraction of sp³-hybridized carbons (Fsp3) is 0.333. The van der Waals surface area contributed by atoms with E-state index in [0.29, 0.717) is 59.8 Å². The van der Waals surface area contributed by atoms with E-state index in [1.54, 1.807) is 32.2 Å². The second kappa shape index (κ2) is 9.36. The maximum absolute atomic E-state index is 13.3. The average Bonchev–Trinajstić information content (AvgIpc) is 2.80. The molecule has 0 N–H and O–H groups in total. The summed E-state index contributed by atoms with van der Waals surface area (Å²) in [7, 11) is -2.03. The number of hydrogen-bond donors (Lipinski definition) is 0. The van der Waals surface area contributed by atoms with E-state index in [4.69, 9.17) is 9.47 Å². The summed E-state index contributed by atoms with van der Waals surface area (Å²) in [6.07, 6.45) is 0. The Labute approximate surface area is 194 Å². The predicted molar refractivity (Wildman–Crippen MR) is 127 cm³/mol. The van der Waals surface area contributed by atoms with Gasteiger partial charge in [-0.15, -0.1) is 0 Å². The Kier molecular flexibility index (Phi) is 6.53. The molecule has 0 spiro atoms. The number of hydrogen-bond acceptors (Lipinski definition) is 7. The summed E-state index contributed by atoms with van der Waals surface area (Å²) < 4.78 is 39.4. The highest BCUT2D eigenvalue weighted by atomic mass is 32.2. The molecule has 174 valence electrons. The molecule has 1 aliphatic heterocycles. The Morgan fingerprint density at radius 1 is 0.879 bits per heavy atom. The lowest BCUT2D eigenvalue weighted by atomic mass is 10.1. The summed E-state index contributed by atoms with van der Waals surface area (Å²) in [6.45, 7) is 7.24. The van der Waals surface area contributed by atoms with Crippen LogP contribution in [0.2, 0.25) is 0 Å². The van der Waals surface area contributed by atoms with Gasteiger partial charge in [-0.05, 0) is 56.2 Å². The Morgan fingerprint density at radius 2 is 1.58 bits per heavy atom. The third-order valence-electron chi connectivity index (χ3n) is 5.64. The number of sulfonamides is 1. The highest BCUT2D eigenvalue weighted by molar-refractivity contribution is 7.89. The van der Waals surface area contributed by atoms with Gasteiger partial charge in [-0.1, -0.05) is 18.2 Å². The zero-order valence-corrected chi connectivity index (χ0v) is 20.1. The average molecular weight is 469 g/mol. The lowest BCUT2D eigenvalue weighted by Gasteiger charge is -2.35. The number of anilines is 1. The molecular weight excluding hydrogens is 440 g/mol. The van der Waals surface area contributed by atoms with Gasteiger partial charge in [0.1, 0.15) is 23.1 Å². The Balaban J connectivity index is 1.49. The number of aryl methyl sites for hydroxylation is 3. The van der Waals surface area contributed by atoms with Crippen molar-refractivity contribution in [3.63, 3.8) is 0 Å². The number of ether oxygens (including phenoxy) is 2. The number of rotatable bonds is 6. The van der Waals surface area contributed by atoms with Crippen LogP contribution in [0.4, 0.5) is 5.82 Å². The first kappa shape index (κ1) is 23.0. The maximum atomic E-state index is 13.3. The molecule has 2 aromatic carbocycles. The molecule has 33 heavy (non-hydrogen) atoms. The highest BCUT2D eigenvalue weighted by Gasteiger charge is 2.31. The van der Waals surface area contributed by atoms with Crippen LogP contribution < -0.4 is 14.4 Å². The van der Waals surface area contributed by atoms with Gasteiger partial charge in [0.25, 0.3) is 0 Å². The van der Waals surface area contributed by atoms with Gasteiger partial charge in [-0.2, -0.15) is 9.29 Å². The van der Waals surface area contributed by atoms with Gasteiger partial charge < -0.3 is 14.4 Å². The molecule has 4 rings (SSSR count). The van der Waals surface area contributed by atoms with Gasteiger partial charge in [0, 0.05) is 32.2 Å². The summed E-state index contributed by atoms with van der Waals surface area (Å²) in [5.41, 5.74) is 1.47. The van der Waals surface area contributed by atoms with E-state index in [1.165, 1.54) is 4.31 Å². The number of nitrogens with zero attached hydrogens (tertiary/aromatic N) is 4. The molecule has 0 atom stereocenters. The van der Waals surface area contributed by atoms with Gasteiger partial charge in [0.2, 0.25) is 15.9 Å². The predicted octanol–water partition coefficient (Wildman–Crippen LogP) is 3.71. The Bertz CT molecular complexity index is 1240. The molecule has 1 aliphatic rings. The molecule has 1 aromatic heterocycles. The van der Waals surface area contributed by atoms with Crippen LogP contribution in [0, 0.1) is 20.8 Å². The molecule has 1 fully saturated rings. The molecular formula is C24H28N4O4S. The Hall–Kier alpha value is -3.17. The van der Waals surface area contributed by atoms with E-state index in [0.717, 1.165) is 11.4 Å². The van der Waals surface area contributed by atoms with Crippen molar-refractivity contribution in [1.29, 1.82) is 0 Å². The van der Waals surface area contributed by atoms with Crippen LogP contribution in [0.25, 0.3) is 0 Å². The van der Waals surface area contributed by atoms with Crippen molar-refractivity contribution in [2.24, 2.45) is 0 Å². The first-order valence-corrected chi connectivity index (χ1v) is 12.2. The second-order valence-corrected chi connectivity index (χ2v) is 9.91. The fourth-order valence-electron chi connectivity index (χ4n) is 3.91. The highest BCUT2D eigenvalue weighted by Crippen LogP contribution is 2.29. The van der Waals surface area contributed by atoms with Crippen LogP contribution in [0.3, 0.4) is 0 Å². The largest absolute Gasteiger partial charge is 0.496 e. The van der Waals surface area contributed by atoms with Gasteiger partial charge in [0.05, 0.1) is 12.0 Å². The summed E-state index contributed by atoms with van der Waals surface area (Å²) in [5.74, 6) is 3.16. The first-order valence-electron chi connectivity index (χ1n) is 10.8. The third-order valence-corrected chi connectivity index (χ3v) is 7.68. The van der Waals surface area contributed by atoms with Gasteiger partial charge in [0.15, 0.2) is 0 Å². The monoisotopic (exact) mass is 468 g/mol. The number of para-hydroxylation sites is 1. The Morgan fingerprint density at radius 3 is 2.24 bits per heavy atom. The van der Waals surface area contributed by atoms with Crippen molar-refractivity contribution in [3.05, 3.63) is 65.5 Å². The fourth-order valence-corrected chi connectivity index (χ4v) is 5.62. The van der Waals surface area contributed by atoms with Crippen molar-refractivity contribution in [2.75, 3.05) is 38.2 Å². The molecule has 3 aromatic rings. The van der Waals surface area contributed by atoms with E-state index in [1.807, 2.05) is 44.2 Å². The lowest BCUT2D eigenvalue weighted by Crippen LogP contribution is -2.49. The molecule has 0 radical (unpaired) electrons. The third kappa shape index (κ3) is 4.94. The minimum atomic E-state index is -3.61. The number of methoxy groups -OCH3 is 1. The molecule has 9 heteroatoms. The normalized spacial score (nSPS) is 14.8. The first-order chi connectivity index (χ1) is 15.8. The van der Waals surface area contributed by atoms with Crippen molar-refractivity contribution in [3.8, 4) is 17.4 Å². The smallest absolute Gasteiger partial charge is 0.243 e. The summed E-state index contributed by atoms with van der Waals surface area (Å²) in [4.78, 5) is 11.3. The van der Waals surface area contributed by atoms with Crippen LogP contribution in [-0.4, -0.2) is 56.0 Å². The zero-order chi connectivity index (χ0) is 23.6. The second-order valence-electron chi connectivity index (χ2n) is 8.01. The summed E-state index contributed by atoms with van der Waals surface area (Å²) in [5, 5.41) is 0. The van der Waals surface area contributed by atoms with Gasteiger partial charge in [-0.25, -0.2) is 13.4 Å². The van der Waals surface area contributed by atoms with Gasteiger partial charge >= 0.3 is 0 Å². The van der Waals surface area contributed by atoms with E-state index in [-0.39, 0.29) is 0 Å². The van der Waals surface area contributed by atoms with E-state index >= 15 is 0 Å². The van der Waals surface area contributed by atoms with Crippen LogP contribution in [-0.2, 0) is 10.0 Å². The van der Waals surface area contributed by atoms with Gasteiger partial charge in [-0.3, -0.25) is 0 Å². The van der Waals surface area contributed by atoms with Crippen molar-refractivity contribution in [1.82, 2.24) is 14.3 Å². The minimum Gasteiger partial charge on any atom is -0.496 e. The van der Waals surface area contributed by atoms with Crippen molar-refractivity contribution >= 4 is 15.8 Å². The van der Waals surface area contributed by atoms with Crippen LogP contribution in [0.5, 0.6) is 17.4 Å². The number of benzene rings is 2. The van der Waals surface area contributed by atoms with Crippen molar-refractivity contribution in [2.45, 2.75) is 25.7 Å². The molecule has 1 saturated heterocycles. The van der Waals surface area contributed by atoms with Crippen LogP contribution >= 0.6 is 0 Å². The number of piperazine rings is 1. The molecule has 8 nitrogen and oxygen atoms in total. The minimum absolute atomic E-state index is 0.325. The standard InChI is InChI=1S/C24H28N4O4S/c1-17-15-22(18(2)14-21(17)31-4)33(29,30)28-12-10-27(11-13-28)23-16-24(26-19(3)25-23)32-20-8-6-5-7-9-20/h5-9,14-16H,10-13H2,1-4H3. The SMILES string of the molecule is COc1cc(C)c(S(=O)(=O)N2CCN(c3cc(Oc4ccccc4)nc(C)n3)CC2)cc1C. The van der Waals surface area contributed by atoms with Crippen LogP contribution in [0.15, 0.2) is 53.4 Å². The number of aromatic nitrogens is 2. The zero-order valence-electron chi connectivity index (χ0n) is 19.3. The lowest BCUT2D eigenvalue weighted by molar-refractivity contribution is 0.382. The van der Waals surface area contributed by atoms with E-state index in [9.17, 15) is 8.42 Å².